The summed E-state index contributed by atoms with van der Waals surface area (Å²) < 4.78 is 7.44. The van der Waals surface area contributed by atoms with E-state index in [4.69, 9.17) is 4.42 Å². The molecule has 8 heteroatoms. The van der Waals surface area contributed by atoms with Crippen LogP contribution < -0.4 is 5.32 Å². The van der Waals surface area contributed by atoms with Crippen LogP contribution in [-0.2, 0) is 11.3 Å². The highest BCUT2D eigenvalue weighted by molar-refractivity contribution is 7.99. The first kappa shape index (κ1) is 19.9. The monoisotopic (exact) mass is 419 g/mol. The lowest BCUT2D eigenvalue weighted by atomic mass is 10.1. The van der Waals surface area contributed by atoms with Crippen LogP contribution in [0.15, 0.2) is 82.8 Å². The topological polar surface area (TPSA) is 85.8 Å². The second kappa shape index (κ2) is 9.41. The molecule has 152 valence electrons. The van der Waals surface area contributed by atoms with Crippen molar-refractivity contribution in [2.75, 3.05) is 5.75 Å². The van der Waals surface area contributed by atoms with Gasteiger partial charge in [-0.2, -0.15) is 0 Å². The standard InChI is InChI=1S/C22H21N5O2S/c1-16(17-7-3-2-4-8-17)24-20(28)15-30-22-26-25-21(18-9-5-11-23-13-18)27(22)14-19-10-6-12-29-19/h2-13,16H,14-15H2,1H3,(H,24,28)/t16-/m1/s1. The van der Waals surface area contributed by atoms with Gasteiger partial charge in [0.15, 0.2) is 11.0 Å². The van der Waals surface area contributed by atoms with Crippen LogP contribution in [0, 0.1) is 0 Å². The molecule has 0 aliphatic rings. The normalized spacial score (nSPS) is 11.9. The highest BCUT2D eigenvalue weighted by Gasteiger charge is 2.18. The number of thioether (sulfide) groups is 1. The number of hydrogen-bond donors (Lipinski definition) is 1. The predicted molar refractivity (Wildman–Crippen MR) is 115 cm³/mol. The lowest BCUT2D eigenvalue weighted by Gasteiger charge is -2.14. The summed E-state index contributed by atoms with van der Waals surface area (Å²) in [5.74, 6) is 1.64. The second-order valence-corrected chi connectivity index (χ2v) is 7.64. The van der Waals surface area contributed by atoms with E-state index in [9.17, 15) is 4.79 Å². The van der Waals surface area contributed by atoms with Gasteiger partial charge >= 0.3 is 0 Å². The van der Waals surface area contributed by atoms with E-state index in [1.54, 1.807) is 18.7 Å². The van der Waals surface area contributed by atoms with Crippen molar-refractivity contribution in [3.63, 3.8) is 0 Å². The Hall–Kier alpha value is -3.39. The van der Waals surface area contributed by atoms with Gasteiger partial charge in [-0.25, -0.2) is 0 Å². The zero-order valence-corrected chi connectivity index (χ0v) is 17.2. The van der Waals surface area contributed by atoms with Crippen molar-refractivity contribution >= 4 is 17.7 Å². The van der Waals surface area contributed by atoms with Gasteiger partial charge in [-0.15, -0.1) is 10.2 Å². The maximum Gasteiger partial charge on any atom is 0.230 e. The lowest BCUT2D eigenvalue weighted by molar-refractivity contribution is -0.119. The summed E-state index contributed by atoms with van der Waals surface area (Å²) in [6.45, 7) is 2.44. The molecule has 0 saturated carbocycles. The van der Waals surface area contributed by atoms with E-state index >= 15 is 0 Å². The summed E-state index contributed by atoms with van der Waals surface area (Å²) in [6, 6.07) is 17.3. The number of rotatable bonds is 8. The van der Waals surface area contributed by atoms with Gasteiger partial charge in [0.2, 0.25) is 5.91 Å². The average molecular weight is 420 g/mol. The second-order valence-electron chi connectivity index (χ2n) is 6.70. The molecule has 30 heavy (non-hydrogen) atoms. The van der Waals surface area contributed by atoms with Crippen molar-refractivity contribution < 1.29 is 9.21 Å². The third kappa shape index (κ3) is 4.77. The van der Waals surface area contributed by atoms with Crippen molar-refractivity contribution in [3.05, 3.63) is 84.6 Å². The van der Waals surface area contributed by atoms with E-state index in [2.05, 4.69) is 20.5 Å². The smallest absolute Gasteiger partial charge is 0.230 e. The van der Waals surface area contributed by atoms with Gasteiger partial charge < -0.3 is 9.73 Å². The zero-order chi connectivity index (χ0) is 20.8. The molecule has 3 heterocycles. The maximum atomic E-state index is 12.5. The molecule has 0 radical (unpaired) electrons. The molecule has 1 aromatic carbocycles. The van der Waals surface area contributed by atoms with Gasteiger partial charge in [0.05, 0.1) is 24.6 Å². The molecular weight excluding hydrogens is 398 g/mol. The van der Waals surface area contributed by atoms with Crippen molar-refractivity contribution in [1.29, 1.82) is 0 Å². The van der Waals surface area contributed by atoms with E-state index in [1.165, 1.54) is 11.8 Å². The molecule has 0 spiro atoms. The molecule has 1 atom stereocenters. The van der Waals surface area contributed by atoms with Crippen molar-refractivity contribution in [3.8, 4) is 11.4 Å². The van der Waals surface area contributed by atoms with Gasteiger partial charge in [-0.3, -0.25) is 14.3 Å². The molecule has 3 aromatic heterocycles. The van der Waals surface area contributed by atoms with Crippen LogP contribution in [0.25, 0.3) is 11.4 Å². The number of carbonyl (C=O) groups excluding carboxylic acids is 1. The van der Waals surface area contributed by atoms with E-state index in [0.29, 0.717) is 17.5 Å². The molecule has 4 aromatic rings. The van der Waals surface area contributed by atoms with Crippen molar-refractivity contribution in [1.82, 2.24) is 25.1 Å². The molecule has 7 nitrogen and oxygen atoms in total. The van der Waals surface area contributed by atoms with E-state index in [1.807, 2.05) is 66.1 Å². The number of carbonyl (C=O) groups is 1. The number of pyridine rings is 1. The Kier molecular flexibility index (Phi) is 6.24. The molecule has 1 amide bonds. The Morgan fingerprint density at radius 2 is 2.00 bits per heavy atom. The maximum absolute atomic E-state index is 12.5. The van der Waals surface area contributed by atoms with Crippen LogP contribution in [0.2, 0.25) is 0 Å². The number of aromatic nitrogens is 4. The number of benzene rings is 1. The first-order chi connectivity index (χ1) is 14.7. The van der Waals surface area contributed by atoms with Gasteiger partial charge in [-0.05, 0) is 36.8 Å². The Morgan fingerprint density at radius 1 is 1.13 bits per heavy atom. The fourth-order valence-corrected chi connectivity index (χ4v) is 3.79. The number of nitrogens with one attached hydrogen (secondary N) is 1. The first-order valence-corrected chi connectivity index (χ1v) is 10.5. The van der Waals surface area contributed by atoms with Crippen LogP contribution in [0.1, 0.15) is 24.3 Å². The Balaban J connectivity index is 1.48. The number of nitrogens with zero attached hydrogens (tertiary/aromatic N) is 4. The minimum atomic E-state index is -0.0637. The quantitative estimate of drug-likeness (QED) is 0.435. The molecule has 0 unspecified atom stereocenters. The zero-order valence-electron chi connectivity index (χ0n) is 16.4. The minimum absolute atomic E-state index is 0.0631. The first-order valence-electron chi connectivity index (χ1n) is 9.54. The summed E-state index contributed by atoms with van der Waals surface area (Å²) >= 11 is 1.34. The average Bonchev–Trinajstić information content (AvgIpc) is 3.44. The van der Waals surface area contributed by atoms with Gasteiger partial charge in [0.1, 0.15) is 5.76 Å². The Morgan fingerprint density at radius 3 is 2.73 bits per heavy atom. The van der Waals surface area contributed by atoms with Crippen molar-refractivity contribution in [2.24, 2.45) is 0 Å². The van der Waals surface area contributed by atoms with Crippen molar-refractivity contribution in [2.45, 2.75) is 24.7 Å². The predicted octanol–water partition coefficient (Wildman–Crippen LogP) is 3.95. The van der Waals surface area contributed by atoms with Crippen LogP contribution in [0.3, 0.4) is 0 Å². The highest BCUT2D eigenvalue weighted by atomic mass is 32.2. The molecule has 0 bridgehead atoms. The molecule has 0 saturated heterocycles. The van der Waals surface area contributed by atoms with Crippen LogP contribution in [0.5, 0.6) is 0 Å². The highest BCUT2D eigenvalue weighted by Crippen LogP contribution is 2.25. The van der Waals surface area contributed by atoms with Crippen LogP contribution in [0.4, 0.5) is 0 Å². The molecular formula is C22H21N5O2S. The van der Waals surface area contributed by atoms with Gasteiger partial charge in [0.25, 0.3) is 0 Å². The number of amides is 1. The summed E-state index contributed by atoms with van der Waals surface area (Å²) in [4.78, 5) is 16.7. The third-order valence-corrected chi connectivity index (χ3v) is 5.51. The number of hydrogen-bond acceptors (Lipinski definition) is 6. The van der Waals surface area contributed by atoms with E-state index in [-0.39, 0.29) is 17.7 Å². The molecule has 4 rings (SSSR count). The lowest BCUT2D eigenvalue weighted by Crippen LogP contribution is -2.28. The summed E-state index contributed by atoms with van der Waals surface area (Å²) in [5.41, 5.74) is 1.92. The Labute approximate surface area is 178 Å². The minimum Gasteiger partial charge on any atom is -0.467 e. The molecule has 0 aliphatic heterocycles. The third-order valence-electron chi connectivity index (χ3n) is 4.54. The molecule has 0 fully saturated rings. The summed E-state index contributed by atoms with van der Waals surface area (Å²) in [7, 11) is 0. The SMILES string of the molecule is C[C@@H](NC(=O)CSc1nnc(-c2cccnc2)n1Cc1ccco1)c1ccccc1. The molecule has 1 N–H and O–H groups in total. The van der Waals surface area contributed by atoms with Gasteiger partial charge in [-0.1, -0.05) is 42.1 Å². The summed E-state index contributed by atoms with van der Waals surface area (Å²) in [6.07, 6.45) is 5.09. The van der Waals surface area contributed by atoms with Crippen LogP contribution in [-0.4, -0.2) is 31.4 Å². The Bertz CT molecular complexity index is 1080. The largest absolute Gasteiger partial charge is 0.467 e. The van der Waals surface area contributed by atoms with E-state index in [0.717, 1.165) is 16.9 Å². The molecule has 0 aliphatic carbocycles. The van der Waals surface area contributed by atoms with E-state index < -0.39 is 0 Å². The summed E-state index contributed by atoms with van der Waals surface area (Å²) in [5, 5.41) is 12.3. The van der Waals surface area contributed by atoms with Gasteiger partial charge in [0, 0.05) is 18.0 Å². The van der Waals surface area contributed by atoms with Crippen LogP contribution >= 0.6 is 11.8 Å². The number of furan rings is 1. The fourth-order valence-electron chi connectivity index (χ4n) is 3.04. The fraction of sp³-hybridized carbons (Fsp3) is 0.182.